The van der Waals surface area contributed by atoms with Gasteiger partial charge in [-0.25, -0.2) is 0 Å². The number of nitrogens with zero attached hydrogens (tertiary/aromatic N) is 1. The van der Waals surface area contributed by atoms with E-state index in [1.165, 1.54) is 18.9 Å². The highest BCUT2D eigenvalue weighted by atomic mass is 16.5. The first kappa shape index (κ1) is 18.6. The zero-order valence-electron chi connectivity index (χ0n) is 15.2. The van der Waals surface area contributed by atoms with Crippen LogP contribution in [0.1, 0.15) is 37.2 Å². The van der Waals surface area contributed by atoms with Gasteiger partial charge in [-0.05, 0) is 30.4 Å². The van der Waals surface area contributed by atoms with Gasteiger partial charge in [0.2, 0.25) is 11.8 Å². The second-order valence-electron chi connectivity index (χ2n) is 7.16. The summed E-state index contributed by atoms with van der Waals surface area (Å²) in [4.78, 5) is 26.7. The maximum absolute atomic E-state index is 13.4. The molecule has 5 heteroatoms. The molecule has 0 aromatic heterocycles. The van der Waals surface area contributed by atoms with Gasteiger partial charge in [-0.2, -0.15) is 0 Å². The van der Waals surface area contributed by atoms with Crippen LogP contribution in [-0.4, -0.2) is 49.1 Å². The number of carbonyl (C=O) groups is 2. The monoisotopic (exact) mass is 356 g/mol. The second-order valence-corrected chi connectivity index (χ2v) is 7.16. The summed E-state index contributed by atoms with van der Waals surface area (Å²) in [6, 6.07) is 10.2. The third-order valence-corrected chi connectivity index (χ3v) is 5.44. The average Bonchev–Trinajstić information content (AvgIpc) is 3.21. The molecule has 140 valence electrons. The lowest BCUT2D eigenvalue weighted by Crippen LogP contribution is -2.51. The van der Waals surface area contributed by atoms with E-state index in [0.29, 0.717) is 32.2 Å². The van der Waals surface area contributed by atoms with Gasteiger partial charge in [-0.1, -0.05) is 49.8 Å². The molecule has 2 amide bonds. The summed E-state index contributed by atoms with van der Waals surface area (Å²) in [5, 5.41) is 2.76. The van der Waals surface area contributed by atoms with Crippen LogP contribution < -0.4 is 5.32 Å². The molecular formula is C21H28N2O3. The van der Waals surface area contributed by atoms with Crippen molar-refractivity contribution in [3.05, 3.63) is 48.6 Å². The van der Waals surface area contributed by atoms with E-state index in [-0.39, 0.29) is 23.8 Å². The SMILES string of the molecule is C=CC(=O)NC[C@H]1CN(C(=O)C(c2ccccc2)C2CCCC2)CCO1. The molecule has 1 saturated carbocycles. The minimum absolute atomic E-state index is 0.0692. The second kappa shape index (κ2) is 8.99. The maximum atomic E-state index is 13.4. The Morgan fingerprint density at radius 1 is 1.27 bits per heavy atom. The minimum Gasteiger partial charge on any atom is -0.373 e. The van der Waals surface area contributed by atoms with E-state index in [9.17, 15) is 9.59 Å². The number of ether oxygens (including phenoxy) is 1. The fraction of sp³-hybridized carbons (Fsp3) is 0.524. The van der Waals surface area contributed by atoms with E-state index in [1.54, 1.807) is 0 Å². The number of morpholine rings is 1. The van der Waals surface area contributed by atoms with Gasteiger partial charge in [0, 0.05) is 19.6 Å². The normalized spacial score (nSPS) is 22.0. The van der Waals surface area contributed by atoms with Gasteiger partial charge in [0.05, 0.1) is 18.6 Å². The molecule has 2 fully saturated rings. The molecule has 1 aliphatic heterocycles. The highest BCUT2D eigenvalue weighted by Crippen LogP contribution is 2.38. The molecule has 26 heavy (non-hydrogen) atoms. The van der Waals surface area contributed by atoms with Crippen molar-refractivity contribution in [2.24, 2.45) is 5.92 Å². The van der Waals surface area contributed by atoms with Gasteiger partial charge in [0.25, 0.3) is 0 Å². The van der Waals surface area contributed by atoms with E-state index in [0.717, 1.165) is 18.4 Å². The first-order valence-electron chi connectivity index (χ1n) is 9.54. The number of rotatable bonds is 6. The van der Waals surface area contributed by atoms with E-state index >= 15 is 0 Å². The largest absolute Gasteiger partial charge is 0.373 e. The van der Waals surface area contributed by atoms with Crippen molar-refractivity contribution in [1.82, 2.24) is 10.2 Å². The van der Waals surface area contributed by atoms with Crippen LogP contribution in [0.5, 0.6) is 0 Å². The van der Waals surface area contributed by atoms with Gasteiger partial charge < -0.3 is 15.0 Å². The molecule has 0 bridgehead atoms. The van der Waals surface area contributed by atoms with Crippen LogP contribution in [0.4, 0.5) is 0 Å². The maximum Gasteiger partial charge on any atom is 0.243 e. The van der Waals surface area contributed by atoms with Crippen molar-refractivity contribution < 1.29 is 14.3 Å². The topological polar surface area (TPSA) is 58.6 Å². The summed E-state index contributed by atoms with van der Waals surface area (Å²) < 4.78 is 5.72. The van der Waals surface area contributed by atoms with Crippen LogP contribution >= 0.6 is 0 Å². The van der Waals surface area contributed by atoms with Crippen LogP contribution in [0.2, 0.25) is 0 Å². The van der Waals surface area contributed by atoms with Crippen molar-refractivity contribution in [2.45, 2.75) is 37.7 Å². The lowest BCUT2D eigenvalue weighted by molar-refractivity contribution is -0.141. The Morgan fingerprint density at radius 3 is 2.69 bits per heavy atom. The van der Waals surface area contributed by atoms with Crippen LogP contribution in [0.15, 0.2) is 43.0 Å². The van der Waals surface area contributed by atoms with E-state index in [2.05, 4.69) is 24.0 Å². The fourth-order valence-corrected chi connectivity index (χ4v) is 4.09. The van der Waals surface area contributed by atoms with E-state index in [4.69, 9.17) is 4.74 Å². The summed E-state index contributed by atoms with van der Waals surface area (Å²) in [6.07, 6.45) is 5.73. The van der Waals surface area contributed by atoms with Gasteiger partial charge in [0.1, 0.15) is 0 Å². The molecule has 5 nitrogen and oxygen atoms in total. The molecule has 1 saturated heterocycles. The van der Waals surface area contributed by atoms with Crippen molar-refractivity contribution in [3.8, 4) is 0 Å². The number of benzene rings is 1. The Balaban J connectivity index is 1.69. The quantitative estimate of drug-likeness (QED) is 0.797. The molecule has 1 heterocycles. The zero-order chi connectivity index (χ0) is 18.4. The number of amides is 2. The first-order valence-corrected chi connectivity index (χ1v) is 9.54. The third kappa shape index (κ3) is 4.52. The van der Waals surface area contributed by atoms with Gasteiger partial charge in [-0.15, -0.1) is 0 Å². The molecule has 0 spiro atoms. The highest BCUT2D eigenvalue weighted by Gasteiger charge is 2.36. The Hall–Kier alpha value is -2.14. The minimum atomic E-state index is -0.217. The van der Waals surface area contributed by atoms with Crippen LogP contribution in [0.25, 0.3) is 0 Å². The number of nitrogens with one attached hydrogen (secondary N) is 1. The summed E-state index contributed by atoms with van der Waals surface area (Å²) >= 11 is 0. The Bertz CT molecular complexity index is 625. The molecule has 2 atom stereocenters. The lowest BCUT2D eigenvalue weighted by Gasteiger charge is -2.36. The van der Waals surface area contributed by atoms with Crippen LogP contribution in [0, 0.1) is 5.92 Å². The Labute approximate surface area is 155 Å². The number of hydrogen-bond donors (Lipinski definition) is 1. The smallest absolute Gasteiger partial charge is 0.243 e. The molecule has 1 aliphatic carbocycles. The predicted octanol–water partition coefficient (Wildman–Crippen LogP) is 2.49. The van der Waals surface area contributed by atoms with E-state index < -0.39 is 0 Å². The molecule has 2 aliphatic rings. The Morgan fingerprint density at radius 2 is 2.00 bits per heavy atom. The number of carbonyl (C=O) groups excluding carboxylic acids is 2. The van der Waals surface area contributed by atoms with Gasteiger partial charge >= 0.3 is 0 Å². The molecule has 1 aromatic rings. The van der Waals surface area contributed by atoms with Crippen molar-refractivity contribution in [3.63, 3.8) is 0 Å². The highest BCUT2D eigenvalue weighted by molar-refractivity contribution is 5.87. The van der Waals surface area contributed by atoms with Crippen LogP contribution in [0.3, 0.4) is 0 Å². The van der Waals surface area contributed by atoms with Gasteiger partial charge in [0.15, 0.2) is 0 Å². The molecular weight excluding hydrogens is 328 g/mol. The fourth-order valence-electron chi connectivity index (χ4n) is 4.09. The van der Waals surface area contributed by atoms with Crippen molar-refractivity contribution in [2.75, 3.05) is 26.2 Å². The molecule has 3 rings (SSSR count). The number of hydrogen-bond acceptors (Lipinski definition) is 3. The molecule has 1 N–H and O–H groups in total. The van der Waals surface area contributed by atoms with Crippen molar-refractivity contribution >= 4 is 11.8 Å². The average molecular weight is 356 g/mol. The van der Waals surface area contributed by atoms with Crippen LogP contribution in [-0.2, 0) is 14.3 Å². The van der Waals surface area contributed by atoms with E-state index in [1.807, 2.05) is 23.1 Å². The summed E-state index contributed by atoms with van der Waals surface area (Å²) in [5.74, 6) is 0.337. The zero-order valence-corrected chi connectivity index (χ0v) is 15.2. The van der Waals surface area contributed by atoms with Crippen molar-refractivity contribution in [1.29, 1.82) is 0 Å². The standard InChI is InChI=1S/C21H28N2O3/c1-2-19(24)22-14-18-15-23(12-13-26-18)21(25)20(17-10-6-7-11-17)16-8-4-3-5-9-16/h2-5,8-9,17-18,20H,1,6-7,10-15H2,(H,22,24)/t18-,20?/m0/s1. The Kier molecular flexibility index (Phi) is 6.45. The summed E-state index contributed by atoms with van der Waals surface area (Å²) in [7, 11) is 0. The molecule has 1 aromatic carbocycles. The summed E-state index contributed by atoms with van der Waals surface area (Å²) in [6.45, 7) is 5.49. The lowest BCUT2D eigenvalue weighted by atomic mass is 9.83. The van der Waals surface area contributed by atoms with Gasteiger partial charge in [-0.3, -0.25) is 9.59 Å². The molecule has 0 radical (unpaired) electrons. The first-order chi connectivity index (χ1) is 12.7. The third-order valence-electron chi connectivity index (χ3n) is 5.44. The summed E-state index contributed by atoms with van der Waals surface area (Å²) in [5.41, 5.74) is 1.12. The molecule has 1 unspecified atom stereocenters. The predicted molar refractivity (Wildman–Crippen MR) is 101 cm³/mol.